The van der Waals surface area contributed by atoms with Crippen LogP contribution in [0.1, 0.15) is 17.3 Å². The molecule has 1 heterocycles. The van der Waals surface area contributed by atoms with Crippen molar-refractivity contribution in [3.63, 3.8) is 0 Å². The van der Waals surface area contributed by atoms with Crippen LogP contribution in [0.4, 0.5) is 5.82 Å². The van der Waals surface area contributed by atoms with Crippen molar-refractivity contribution < 1.29 is 14.3 Å². The summed E-state index contributed by atoms with van der Waals surface area (Å²) < 4.78 is 4.81. The van der Waals surface area contributed by atoms with E-state index >= 15 is 0 Å². The third-order valence-electron chi connectivity index (χ3n) is 2.43. The second-order valence-electron chi connectivity index (χ2n) is 3.96. The van der Waals surface area contributed by atoms with Gasteiger partial charge in [-0.15, -0.1) is 0 Å². The third kappa shape index (κ3) is 5.23. The molecule has 0 atom stereocenters. The van der Waals surface area contributed by atoms with Crippen LogP contribution in [-0.4, -0.2) is 50.1 Å². The molecule has 0 radical (unpaired) electrons. The van der Waals surface area contributed by atoms with E-state index in [0.717, 1.165) is 0 Å². The summed E-state index contributed by atoms with van der Waals surface area (Å²) in [7, 11) is 1.55. The van der Waals surface area contributed by atoms with Gasteiger partial charge in [0.05, 0.1) is 18.7 Å². The van der Waals surface area contributed by atoms with Crippen LogP contribution in [0.25, 0.3) is 0 Å². The highest BCUT2D eigenvalue weighted by molar-refractivity contribution is 6.00. The number of anilines is 1. The zero-order chi connectivity index (χ0) is 14.8. The minimum Gasteiger partial charge on any atom is -0.383 e. The normalized spacial score (nSPS) is 9.90. The molecule has 0 aliphatic heterocycles. The molecule has 0 saturated heterocycles. The molecule has 7 heteroatoms. The summed E-state index contributed by atoms with van der Waals surface area (Å²) >= 11 is 0. The number of nitrogens with one attached hydrogen (secondary N) is 3. The number of hydrogen-bond acceptors (Lipinski definition) is 5. The van der Waals surface area contributed by atoms with E-state index in [1.54, 1.807) is 25.4 Å². The Kier molecular flexibility index (Phi) is 7.05. The van der Waals surface area contributed by atoms with Gasteiger partial charge in [-0.05, 0) is 19.1 Å². The SMILES string of the molecule is CCNc1ncccc1C(=O)NCC(=O)NCCOC. The first kappa shape index (κ1) is 15.9. The summed E-state index contributed by atoms with van der Waals surface area (Å²) in [5.74, 6) is -0.0903. The molecule has 3 N–H and O–H groups in total. The van der Waals surface area contributed by atoms with Gasteiger partial charge in [-0.25, -0.2) is 4.98 Å². The van der Waals surface area contributed by atoms with Crippen LogP contribution in [0, 0.1) is 0 Å². The number of pyridine rings is 1. The molecule has 1 aromatic heterocycles. The highest BCUT2D eigenvalue weighted by Gasteiger charge is 2.12. The smallest absolute Gasteiger partial charge is 0.255 e. The number of hydrogen-bond donors (Lipinski definition) is 3. The topological polar surface area (TPSA) is 92.4 Å². The fourth-order valence-electron chi connectivity index (χ4n) is 1.51. The fraction of sp³-hybridized carbons (Fsp3) is 0.462. The van der Waals surface area contributed by atoms with E-state index in [1.807, 2.05) is 6.92 Å². The van der Waals surface area contributed by atoms with Gasteiger partial charge in [0.2, 0.25) is 5.91 Å². The van der Waals surface area contributed by atoms with Gasteiger partial charge in [-0.2, -0.15) is 0 Å². The molecule has 0 spiro atoms. The first-order chi connectivity index (χ1) is 9.69. The predicted octanol–water partition coefficient (Wildman–Crippen LogP) is 0.00580. The summed E-state index contributed by atoms with van der Waals surface area (Å²) in [5.41, 5.74) is 0.416. The van der Waals surface area contributed by atoms with Gasteiger partial charge >= 0.3 is 0 Å². The molecule has 0 aliphatic rings. The zero-order valence-corrected chi connectivity index (χ0v) is 11.7. The Morgan fingerprint density at radius 2 is 2.15 bits per heavy atom. The quantitative estimate of drug-likeness (QED) is 0.583. The highest BCUT2D eigenvalue weighted by Crippen LogP contribution is 2.10. The lowest BCUT2D eigenvalue weighted by Crippen LogP contribution is -2.38. The number of carbonyl (C=O) groups is 2. The standard InChI is InChI=1S/C13H20N4O3/c1-3-14-12-10(5-4-6-16-12)13(19)17-9-11(18)15-7-8-20-2/h4-6H,3,7-9H2,1-2H3,(H,14,16)(H,15,18)(H,17,19). The number of methoxy groups -OCH3 is 1. The Hall–Kier alpha value is -2.15. The molecule has 0 aromatic carbocycles. The zero-order valence-electron chi connectivity index (χ0n) is 11.7. The van der Waals surface area contributed by atoms with Gasteiger partial charge in [-0.1, -0.05) is 0 Å². The molecular formula is C13H20N4O3. The van der Waals surface area contributed by atoms with Gasteiger partial charge in [0.1, 0.15) is 5.82 Å². The lowest BCUT2D eigenvalue weighted by atomic mass is 10.2. The molecule has 0 aliphatic carbocycles. The van der Waals surface area contributed by atoms with E-state index in [2.05, 4.69) is 20.9 Å². The second-order valence-corrected chi connectivity index (χ2v) is 3.96. The van der Waals surface area contributed by atoms with Crippen molar-refractivity contribution >= 4 is 17.6 Å². The van der Waals surface area contributed by atoms with E-state index in [0.29, 0.717) is 31.1 Å². The number of nitrogens with zero attached hydrogens (tertiary/aromatic N) is 1. The Labute approximate surface area is 118 Å². The predicted molar refractivity (Wildman–Crippen MR) is 75.6 cm³/mol. The highest BCUT2D eigenvalue weighted by atomic mass is 16.5. The number of amides is 2. The minimum absolute atomic E-state index is 0.0804. The maximum Gasteiger partial charge on any atom is 0.255 e. The van der Waals surface area contributed by atoms with Crippen LogP contribution in [-0.2, 0) is 9.53 Å². The van der Waals surface area contributed by atoms with E-state index in [4.69, 9.17) is 4.74 Å². The summed E-state index contributed by atoms with van der Waals surface area (Å²) in [5, 5.41) is 8.17. The van der Waals surface area contributed by atoms with Crippen LogP contribution in [0.15, 0.2) is 18.3 Å². The molecule has 0 bridgehead atoms. The van der Waals surface area contributed by atoms with Crippen molar-refractivity contribution in [1.82, 2.24) is 15.6 Å². The van der Waals surface area contributed by atoms with Gasteiger partial charge in [0.25, 0.3) is 5.91 Å². The summed E-state index contributed by atoms with van der Waals surface area (Å²) in [6.07, 6.45) is 1.60. The Morgan fingerprint density at radius 3 is 2.85 bits per heavy atom. The average Bonchev–Trinajstić information content (AvgIpc) is 2.46. The molecule has 2 amide bonds. The van der Waals surface area contributed by atoms with Crippen molar-refractivity contribution in [2.24, 2.45) is 0 Å². The van der Waals surface area contributed by atoms with E-state index < -0.39 is 0 Å². The van der Waals surface area contributed by atoms with Gasteiger partial charge < -0.3 is 20.7 Å². The molecule has 0 fully saturated rings. The molecule has 110 valence electrons. The summed E-state index contributed by atoms with van der Waals surface area (Å²) in [4.78, 5) is 27.5. The lowest BCUT2D eigenvalue weighted by molar-refractivity contribution is -0.120. The monoisotopic (exact) mass is 280 g/mol. The van der Waals surface area contributed by atoms with E-state index in [-0.39, 0.29) is 18.4 Å². The maximum absolute atomic E-state index is 12.0. The molecule has 7 nitrogen and oxygen atoms in total. The van der Waals surface area contributed by atoms with Crippen LogP contribution in [0.5, 0.6) is 0 Å². The number of carbonyl (C=O) groups excluding carboxylic acids is 2. The van der Waals surface area contributed by atoms with Crippen LogP contribution >= 0.6 is 0 Å². The van der Waals surface area contributed by atoms with Crippen LogP contribution in [0.3, 0.4) is 0 Å². The third-order valence-corrected chi connectivity index (χ3v) is 2.43. The van der Waals surface area contributed by atoms with Crippen LogP contribution in [0.2, 0.25) is 0 Å². The second kappa shape index (κ2) is 8.87. The number of ether oxygens (including phenoxy) is 1. The van der Waals surface area contributed by atoms with Crippen molar-refractivity contribution in [3.8, 4) is 0 Å². The molecule has 20 heavy (non-hydrogen) atoms. The fourth-order valence-corrected chi connectivity index (χ4v) is 1.51. The molecular weight excluding hydrogens is 260 g/mol. The average molecular weight is 280 g/mol. The lowest BCUT2D eigenvalue weighted by Gasteiger charge is -2.10. The molecule has 1 rings (SSSR count). The van der Waals surface area contributed by atoms with Gasteiger partial charge in [0, 0.05) is 26.4 Å². The van der Waals surface area contributed by atoms with Gasteiger partial charge in [0.15, 0.2) is 0 Å². The largest absolute Gasteiger partial charge is 0.383 e. The molecule has 1 aromatic rings. The minimum atomic E-state index is -0.337. The Morgan fingerprint density at radius 1 is 1.35 bits per heavy atom. The van der Waals surface area contributed by atoms with Gasteiger partial charge in [-0.3, -0.25) is 9.59 Å². The van der Waals surface area contributed by atoms with Crippen molar-refractivity contribution in [1.29, 1.82) is 0 Å². The Bertz CT molecular complexity index is 451. The molecule has 0 saturated carbocycles. The van der Waals surface area contributed by atoms with E-state index in [9.17, 15) is 9.59 Å². The number of rotatable bonds is 8. The number of aromatic nitrogens is 1. The first-order valence-electron chi connectivity index (χ1n) is 6.41. The Balaban J connectivity index is 2.48. The van der Waals surface area contributed by atoms with Crippen LogP contribution < -0.4 is 16.0 Å². The first-order valence-corrected chi connectivity index (χ1v) is 6.41. The van der Waals surface area contributed by atoms with Crippen molar-refractivity contribution in [2.75, 3.05) is 38.7 Å². The summed E-state index contributed by atoms with van der Waals surface area (Å²) in [6, 6.07) is 3.33. The van der Waals surface area contributed by atoms with E-state index in [1.165, 1.54) is 0 Å². The maximum atomic E-state index is 12.0. The van der Waals surface area contributed by atoms with Crippen molar-refractivity contribution in [3.05, 3.63) is 23.9 Å². The molecule has 0 unspecified atom stereocenters. The summed E-state index contributed by atoms with van der Waals surface area (Å²) in [6.45, 7) is 3.35. The van der Waals surface area contributed by atoms with Crippen molar-refractivity contribution in [2.45, 2.75) is 6.92 Å².